The molecule has 0 spiro atoms. The molecule has 0 aliphatic carbocycles. The average Bonchev–Trinajstić information content (AvgIpc) is 2.13. The summed E-state index contributed by atoms with van der Waals surface area (Å²) in [6, 6.07) is -1.05. The zero-order chi connectivity index (χ0) is 13.6. The lowest BCUT2D eigenvalue weighted by atomic mass is 10.1. The van der Waals surface area contributed by atoms with Crippen molar-refractivity contribution in [1.82, 2.24) is 5.32 Å². The molecule has 0 fully saturated rings. The fourth-order valence-electron chi connectivity index (χ4n) is 1.02. The zero-order valence-corrected chi connectivity index (χ0v) is 10.6. The third-order valence-corrected chi connectivity index (χ3v) is 2.00. The molecular formula is C10H20N2O5. The van der Waals surface area contributed by atoms with Crippen LogP contribution in [0.15, 0.2) is 0 Å². The Kier molecular flexibility index (Phi) is 5.87. The van der Waals surface area contributed by atoms with Gasteiger partial charge in [-0.25, -0.2) is 4.79 Å². The summed E-state index contributed by atoms with van der Waals surface area (Å²) in [6.07, 6.45) is -1.57. The van der Waals surface area contributed by atoms with Gasteiger partial charge in [-0.2, -0.15) is 0 Å². The van der Waals surface area contributed by atoms with Crippen molar-refractivity contribution in [2.24, 2.45) is 0 Å². The molecule has 0 bridgehead atoms. The van der Waals surface area contributed by atoms with Crippen LogP contribution in [0.2, 0.25) is 0 Å². The van der Waals surface area contributed by atoms with E-state index in [0.29, 0.717) is 0 Å². The van der Waals surface area contributed by atoms with Crippen LogP contribution in [0.25, 0.3) is 0 Å². The van der Waals surface area contributed by atoms with Crippen LogP contribution in [0.5, 0.6) is 0 Å². The maximum Gasteiger partial charge on any atom is 0.407 e. The molecule has 2 N–H and O–H groups in total. The van der Waals surface area contributed by atoms with Crippen molar-refractivity contribution in [2.45, 2.75) is 51.9 Å². The van der Waals surface area contributed by atoms with E-state index in [2.05, 4.69) is 5.32 Å². The molecule has 7 nitrogen and oxygen atoms in total. The van der Waals surface area contributed by atoms with E-state index in [4.69, 9.17) is 4.74 Å². The molecule has 17 heavy (non-hydrogen) atoms. The van der Waals surface area contributed by atoms with Gasteiger partial charge in [0.1, 0.15) is 11.7 Å². The number of carbonyl (C=O) groups excluding carboxylic acids is 1. The van der Waals surface area contributed by atoms with Gasteiger partial charge in [0.2, 0.25) is 6.04 Å². The number of nitrogens with one attached hydrogen (secondary N) is 1. The van der Waals surface area contributed by atoms with Gasteiger partial charge in [0.15, 0.2) is 0 Å². The number of hydrogen-bond acceptors (Lipinski definition) is 5. The molecule has 0 aromatic heterocycles. The number of ether oxygens (including phenoxy) is 1. The molecule has 2 unspecified atom stereocenters. The Hall–Kier alpha value is -1.37. The van der Waals surface area contributed by atoms with Gasteiger partial charge >= 0.3 is 6.09 Å². The van der Waals surface area contributed by atoms with Gasteiger partial charge in [-0.05, 0) is 27.2 Å². The number of alkyl carbamates (subject to hydrolysis) is 1. The molecular weight excluding hydrogens is 228 g/mol. The molecule has 0 rings (SSSR count). The number of rotatable bonds is 5. The number of nitrogens with zero attached hydrogens (tertiary/aromatic N) is 1. The van der Waals surface area contributed by atoms with Crippen molar-refractivity contribution in [3.63, 3.8) is 0 Å². The highest BCUT2D eigenvalue weighted by molar-refractivity contribution is 5.67. The molecule has 0 heterocycles. The number of amides is 1. The number of aliphatic hydroxyl groups is 1. The van der Waals surface area contributed by atoms with Crippen LogP contribution in [0, 0.1) is 10.1 Å². The van der Waals surface area contributed by atoms with Gasteiger partial charge in [-0.15, -0.1) is 0 Å². The predicted molar refractivity (Wildman–Crippen MR) is 61.3 cm³/mol. The smallest absolute Gasteiger partial charge is 0.407 e. The highest BCUT2D eigenvalue weighted by atomic mass is 16.6. The van der Waals surface area contributed by atoms with Crippen molar-refractivity contribution in [3.05, 3.63) is 10.1 Å². The Morgan fingerprint density at radius 2 is 2.06 bits per heavy atom. The summed E-state index contributed by atoms with van der Waals surface area (Å²) >= 11 is 0. The highest BCUT2D eigenvalue weighted by Gasteiger charge is 2.24. The van der Waals surface area contributed by atoms with Gasteiger partial charge in [-0.3, -0.25) is 10.1 Å². The van der Waals surface area contributed by atoms with E-state index in [1.165, 1.54) is 6.92 Å². The summed E-state index contributed by atoms with van der Waals surface area (Å²) in [5, 5.41) is 22.2. The molecule has 0 saturated heterocycles. The SMILES string of the molecule is CC(C(O)CCNC(=O)OC(C)(C)C)[N+](=O)[O-]. The van der Waals surface area contributed by atoms with Gasteiger partial charge < -0.3 is 15.2 Å². The molecule has 0 aromatic rings. The summed E-state index contributed by atoms with van der Waals surface area (Å²) in [5.74, 6) is 0. The molecule has 0 aromatic carbocycles. The minimum atomic E-state index is -1.08. The average molecular weight is 248 g/mol. The Labute approximate surface area is 100 Å². The number of carbonyl (C=O) groups is 1. The summed E-state index contributed by atoms with van der Waals surface area (Å²) in [6.45, 7) is 6.65. The van der Waals surface area contributed by atoms with Gasteiger partial charge in [0.05, 0.1) is 0 Å². The fraction of sp³-hybridized carbons (Fsp3) is 0.900. The monoisotopic (exact) mass is 248 g/mol. The maximum atomic E-state index is 11.2. The zero-order valence-electron chi connectivity index (χ0n) is 10.6. The molecule has 0 aliphatic heterocycles. The predicted octanol–water partition coefficient (Wildman–Crippen LogP) is 0.927. The lowest BCUT2D eigenvalue weighted by molar-refractivity contribution is -0.529. The summed E-state index contributed by atoms with van der Waals surface area (Å²) in [4.78, 5) is 21.0. The Morgan fingerprint density at radius 1 is 1.53 bits per heavy atom. The van der Waals surface area contributed by atoms with Crippen LogP contribution in [0.4, 0.5) is 4.79 Å². The summed E-state index contributed by atoms with van der Waals surface area (Å²) in [7, 11) is 0. The lowest BCUT2D eigenvalue weighted by Gasteiger charge is -2.20. The topological polar surface area (TPSA) is 102 Å². The van der Waals surface area contributed by atoms with Crippen LogP contribution in [-0.2, 0) is 4.74 Å². The Morgan fingerprint density at radius 3 is 2.47 bits per heavy atom. The van der Waals surface area contributed by atoms with Crippen molar-refractivity contribution in [1.29, 1.82) is 0 Å². The molecule has 0 radical (unpaired) electrons. The van der Waals surface area contributed by atoms with Gasteiger partial charge in [0, 0.05) is 18.4 Å². The lowest BCUT2D eigenvalue weighted by Crippen LogP contribution is -2.37. The Bertz CT molecular complexity index is 274. The van der Waals surface area contributed by atoms with Crippen molar-refractivity contribution in [3.8, 4) is 0 Å². The number of nitro groups is 1. The van der Waals surface area contributed by atoms with Crippen LogP contribution < -0.4 is 5.32 Å². The van der Waals surface area contributed by atoms with Crippen molar-refractivity contribution < 1.29 is 19.6 Å². The van der Waals surface area contributed by atoms with Crippen LogP contribution in [0.3, 0.4) is 0 Å². The molecule has 0 saturated carbocycles. The van der Waals surface area contributed by atoms with Crippen LogP contribution >= 0.6 is 0 Å². The van der Waals surface area contributed by atoms with E-state index < -0.39 is 28.8 Å². The van der Waals surface area contributed by atoms with Crippen molar-refractivity contribution in [2.75, 3.05) is 6.54 Å². The molecule has 0 aliphatic rings. The molecule has 100 valence electrons. The molecule has 7 heteroatoms. The fourth-order valence-corrected chi connectivity index (χ4v) is 1.02. The first-order valence-corrected chi connectivity index (χ1v) is 5.42. The second-order valence-electron chi connectivity index (χ2n) is 4.81. The largest absolute Gasteiger partial charge is 0.444 e. The van der Waals surface area contributed by atoms with Crippen molar-refractivity contribution >= 4 is 6.09 Å². The van der Waals surface area contributed by atoms with Gasteiger partial charge in [-0.1, -0.05) is 0 Å². The number of aliphatic hydroxyl groups excluding tert-OH is 1. The molecule has 1 amide bonds. The first-order chi connectivity index (χ1) is 7.63. The summed E-state index contributed by atoms with van der Waals surface area (Å²) in [5.41, 5.74) is -0.586. The van der Waals surface area contributed by atoms with E-state index in [0.717, 1.165) is 0 Å². The van der Waals surface area contributed by atoms with E-state index in [-0.39, 0.29) is 13.0 Å². The standard InChI is InChI=1S/C10H20N2O5/c1-7(12(15)16)8(13)5-6-11-9(14)17-10(2,3)4/h7-8,13H,5-6H2,1-4H3,(H,11,14). The van der Waals surface area contributed by atoms with E-state index in [9.17, 15) is 20.0 Å². The maximum absolute atomic E-state index is 11.2. The second kappa shape index (κ2) is 6.39. The highest BCUT2D eigenvalue weighted by Crippen LogP contribution is 2.06. The third-order valence-electron chi connectivity index (χ3n) is 2.00. The quantitative estimate of drug-likeness (QED) is 0.556. The minimum absolute atomic E-state index is 0.112. The first-order valence-electron chi connectivity index (χ1n) is 5.42. The van der Waals surface area contributed by atoms with Crippen LogP contribution in [-0.4, -0.2) is 40.4 Å². The molecule has 2 atom stereocenters. The van der Waals surface area contributed by atoms with Gasteiger partial charge in [0.25, 0.3) is 0 Å². The van der Waals surface area contributed by atoms with E-state index in [1.807, 2.05) is 0 Å². The normalized spacial score (nSPS) is 14.9. The number of hydrogen-bond donors (Lipinski definition) is 2. The second-order valence-corrected chi connectivity index (χ2v) is 4.81. The summed E-state index contributed by atoms with van der Waals surface area (Å²) < 4.78 is 4.96. The third kappa shape index (κ3) is 7.51. The van der Waals surface area contributed by atoms with Crippen LogP contribution in [0.1, 0.15) is 34.1 Å². The van der Waals surface area contributed by atoms with E-state index in [1.54, 1.807) is 20.8 Å². The Balaban J connectivity index is 3.85. The first kappa shape index (κ1) is 15.6. The minimum Gasteiger partial charge on any atom is -0.444 e. The van der Waals surface area contributed by atoms with E-state index >= 15 is 0 Å².